The van der Waals surface area contributed by atoms with Crippen LogP contribution in [0.2, 0.25) is 0 Å². The fourth-order valence-electron chi connectivity index (χ4n) is 8.01. The molecule has 0 bridgehead atoms. The second-order valence-corrected chi connectivity index (χ2v) is 17.0. The molecule has 1 aromatic carbocycles. The van der Waals surface area contributed by atoms with E-state index in [2.05, 4.69) is 10.6 Å². The lowest BCUT2D eigenvalue weighted by atomic mass is 10.0. The number of piperidine rings is 1. The predicted molar refractivity (Wildman–Crippen MR) is 197 cm³/mol. The third-order valence-corrected chi connectivity index (χ3v) is 12.4. The monoisotopic (exact) mass is 799 g/mol. The van der Waals surface area contributed by atoms with Gasteiger partial charge in [0.05, 0.1) is 29.1 Å². The lowest BCUT2D eigenvalue weighted by molar-refractivity contribution is -0.139. The topological polar surface area (TPSA) is 201 Å². The number of ether oxygens (including phenoxy) is 2. The van der Waals surface area contributed by atoms with Crippen molar-refractivity contribution in [2.45, 2.75) is 139 Å². The Bertz CT molecular complexity index is 1610. The van der Waals surface area contributed by atoms with Crippen LogP contribution < -0.4 is 21.3 Å². The summed E-state index contributed by atoms with van der Waals surface area (Å²) in [5, 5.41) is 5.13. The van der Waals surface area contributed by atoms with Crippen LogP contribution in [0.4, 0.5) is 34.1 Å². The van der Waals surface area contributed by atoms with Crippen molar-refractivity contribution in [1.82, 2.24) is 10.2 Å². The highest BCUT2D eigenvalue weighted by molar-refractivity contribution is 7.52. The van der Waals surface area contributed by atoms with Crippen LogP contribution in [0.15, 0.2) is 29.8 Å². The van der Waals surface area contributed by atoms with Crippen molar-refractivity contribution in [2.24, 2.45) is 5.73 Å². The van der Waals surface area contributed by atoms with Crippen molar-refractivity contribution in [3.63, 3.8) is 0 Å². The summed E-state index contributed by atoms with van der Waals surface area (Å²) in [5.74, 6) is -1.46. The molecule has 6 N–H and O–H groups in total. The molecule has 18 heteroatoms. The first-order valence-electron chi connectivity index (χ1n) is 19.3. The standard InChI is InChI=1S/C37H53F3N5O9P/c38-37(39,40)25-15-17-31(44-18-8-3-9-19-44)30(21-25)43-36(49)54-27-22-32(33(41)46)45(23-27)34(47)29(42-35(48)53-26-11-6-7-12-26)13-5-2-1-4-10-24-14-16-28(20-24)55(50,51)52/h10,15,17,21,26-29,32H,1-9,11-14,16,18-20,22-23H2,(H2,41,46)(H,42,48)(H,43,49)(H2,50,51,52)/b24-10-/t27-,28?,29+,32+/m1/s1. The second-order valence-electron chi connectivity index (χ2n) is 15.1. The van der Waals surface area contributed by atoms with Crippen molar-refractivity contribution < 1.29 is 56.2 Å². The zero-order chi connectivity index (χ0) is 39.8. The number of rotatable bonds is 14. The van der Waals surface area contributed by atoms with E-state index in [9.17, 15) is 46.7 Å². The summed E-state index contributed by atoms with van der Waals surface area (Å²) in [7, 11) is -4.12. The third kappa shape index (κ3) is 12.1. The Hall–Kier alpha value is -3.82. The molecule has 0 radical (unpaired) electrons. The fraction of sp³-hybridized carbons (Fsp3) is 0.676. The highest BCUT2D eigenvalue weighted by atomic mass is 31.2. The Balaban J connectivity index is 1.21. The van der Waals surface area contributed by atoms with Gasteiger partial charge >= 0.3 is 26.0 Å². The molecule has 2 aliphatic carbocycles. The van der Waals surface area contributed by atoms with E-state index < -0.39 is 67.2 Å². The molecule has 2 saturated carbocycles. The number of nitrogens with one attached hydrogen (secondary N) is 2. The van der Waals surface area contributed by atoms with Gasteiger partial charge in [0.1, 0.15) is 24.3 Å². The number of halogens is 3. The molecule has 2 heterocycles. The highest BCUT2D eigenvalue weighted by Gasteiger charge is 2.43. The van der Waals surface area contributed by atoms with E-state index in [1.807, 2.05) is 11.0 Å². The van der Waals surface area contributed by atoms with Crippen molar-refractivity contribution in [3.8, 4) is 0 Å². The number of carbonyl (C=O) groups is 4. The number of carbonyl (C=O) groups excluding carboxylic acids is 4. The number of unbranched alkanes of at least 4 members (excludes halogenated alkanes) is 3. The van der Waals surface area contributed by atoms with Crippen LogP contribution in [0.25, 0.3) is 0 Å². The molecule has 14 nitrogen and oxygen atoms in total. The van der Waals surface area contributed by atoms with Crippen molar-refractivity contribution >= 4 is 43.0 Å². The second kappa shape index (κ2) is 18.9. The number of anilines is 2. The van der Waals surface area contributed by atoms with Crippen LogP contribution in [0, 0.1) is 0 Å². The van der Waals surface area contributed by atoms with Crippen molar-refractivity contribution in [1.29, 1.82) is 0 Å². The van der Waals surface area contributed by atoms with Crippen molar-refractivity contribution in [2.75, 3.05) is 29.9 Å². The minimum atomic E-state index is -4.65. The van der Waals surface area contributed by atoms with Crippen LogP contribution in [-0.4, -0.2) is 88.3 Å². The molecular weight excluding hydrogens is 746 g/mol. The highest BCUT2D eigenvalue weighted by Crippen LogP contribution is 2.50. The normalized spacial score (nSPS) is 23.5. The van der Waals surface area contributed by atoms with E-state index in [-0.39, 0.29) is 31.2 Å². The van der Waals surface area contributed by atoms with Crippen LogP contribution in [0.3, 0.4) is 0 Å². The number of benzene rings is 1. The summed E-state index contributed by atoms with van der Waals surface area (Å²) in [5.41, 5.74) is 5.48. The zero-order valence-corrected chi connectivity index (χ0v) is 31.8. The molecule has 55 heavy (non-hydrogen) atoms. The molecule has 306 valence electrons. The summed E-state index contributed by atoms with van der Waals surface area (Å²) in [6.07, 6.45) is 4.38. The molecule has 0 aromatic heterocycles. The average molecular weight is 800 g/mol. The number of nitrogens with zero attached hydrogens (tertiary/aromatic N) is 2. The SMILES string of the molecule is NC(=O)[C@@H]1C[C@@H](OC(=O)Nc2cc(C(F)(F)F)ccc2N2CCCCC2)CN1C(=O)[C@H](CCCCC/C=C1/CCC(P(=O)(O)O)C1)NC(=O)OC1CCCC1. The molecule has 2 aliphatic heterocycles. The smallest absolute Gasteiger partial charge is 0.416 e. The summed E-state index contributed by atoms with van der Waals surface area (Å²) in [6.45, 7) is 0.984. The Kier molecular flexibility index (Phi) is 14.5. The van der Waals surface area contributed by atoms with Gasteiger partial charge in [-0.3, -0.25) is 19.5 Å². The number of alkyl carbamates (subject to hydrolysis) is 1. The number of hydrogen-bond donors (Lipinski definition) is 5. The Labute approximate surface area is 318 Å². The molecule has 4 atom stereocenters. The number of amides is 4. The van der Waals surface area contributed by atoms with Gasteiger partial charge in [-0.05, 0) is 102 Å². The lowest BCUT2D eigenvalue weighted by Gasteiger charge is -2.31. The summed E-state index contributed by atoms with van der Waals surface area (Å²) in [6, 6.07) is 0.887. The predicted octanol–water partition coefficient (Wildman–Crippen LogP) is 6.34. The van der Waals surface area contributed by atoms with Gasteiger partial charge in [-0.2, -0.15) is 13.2 Å². The molecule has 0 spiro atoms. The number of allylic oxidation sites excluding steroid dienone is 2. The quantitative estimate of drug-likeness (QED) is 0.0803. The summed E-state index contributed by atoms with van der Waals surface area (Å²) < 4.78 is 63.6. The van der Waals surface area contributed by atoms with E-state index >= 15 is 0 Å². The molecule has 1 aromatic rings. The Morgan fingerprint density at radius 1 is 0.964 bits per heavy atom. The maximum atomic E-state index is 14.0. The number of nitrogens with two attached hydrogens (primary N) is 1. The van der Waals surface area contributed by atoms with Gasteiger partial charge < -0.3 is 40.1 Å². The van der Waals surface area contributed by atoms with Gasteiger partial charge in [-0.25, -0.2) is 9.59 Å². The number of primary amides is 1. The maximum Gasteiger partial charge on any atom is 0.416 e. The zero-order valence-electron chi connectivity index (χ0n) is 30.9. The van der Waals surface area contributed by atoms with Crippen LogP contribution in [0.1, 0.15) is 108 Å². The van der Waals surface area contributed by atoms with E-state index in [1.54, 1.807) is 0 Å². The summed E-state index contributed by atoms with van der Waals surface area (Å²) >= 11 is 0. The number of likely N-dealkylation sites (tertiary alicyclic amines) is 1. The van der Waals surface area contributed by atoms with Crippen LogP contribution in [0.5, 0.6) is 0 Å². The molecule has 4 amide bonds. The minimum absolute atomic E-state index is 0.0751. The van der Waals surface area contributed by atoms with E-state index in [0.717, 1.165) is 56.2 Å². The first kappa shape index (κ1) is 42.3. The van der Waals surface area contributed by atoms with E-state index in [4.69, 9.17) is 15.2 Å². The average Bonchev–Trinajstić information content (AvgIpc) is 3.91. The first-order chi connectivity index (χ1) is 26.1. The fourth-order valence-corrected chi connectivity index (χ4v) is 8.95. The van der Waals surface area contributed by atoms with Gasteiger partial charge in [0.2, 0.25) is 11.8 Å². The van der Waals surface area contributed by atoms with E-state index in [1.165, 1.54) is 11.0 Å². The molecular formula is C37H53F3N5O9P. The Morgan fingerprint density at radius 3 is 2.33 bits per heavy atom. The van der Waals surface area contributed by atoms with Gasteiger partial charge in [0.15, 0.2) is 0 Å². The lowest BCUT2D eigenvalue weighted by Crippen LogP contribution is -2.53. The first-order valence-corrected chi connectivity index (χ1v) is 21.0. The largest absolute Gasteiger partial charge is 0.446 e. The van der Waals surface area contributed by atoms with Crippen LogP contribution >= 0.6 is 7.60 Å². The molecule has 4 aliphatic rings. The van der Waals surface area contributed by atoms with Crippen molar-refractivity contribution in [3.05, 3.63) is 35.4 Å². The maximum absolute atomic E-state index is 14.0. The number of hydrogen-bond acceptors (Lipinski definition) is 8. The van der Waals surface area contributed by atoms with Gasteiger partial charge in [-0.1, -0.05) is 24.5 Å². The van der Waals surface area contributed by atoms with Gasteiger partial charge in [-0.15, -0.1) is 0 Å². The molecule has 1 unspecified atom stereocenters. The minimum Gasteiger partial charge on any atom is -0.446 e. The van der Waals surface area contributed by atoms with Gasteiger partial charge in [0.25, 0.3) is 0 Å². The van der Waals surface area contributed by atoms with E-state index in [0.29, 0.717) is 70.1 Å². The molecule has 4 fully saturated rings. The Morgan fingerprint density at radius 2 is 1.67 bits per heavy atom. The summed E-state index contributed by atoms with van der Waals surface area (Å²) in [4.78, 5) is 74.7. The third-order valence-electron chi connectivity index (χ3n) is 11.0. The molecule has 2 saturated heterocycles. The van der Waals surface area contributed by atoms with Crippen LogP contribution in [-0.2, 0) is 29.8 Å². The van der Waals surface area contributed by atoms with Gasteiger partial charge in [0, 0.05) is 19.5 Å². The number of alkyl halides is 3. The molecule has 5 rings (SSSR count).